The summed E-state index contributed by atoms with van der Waals surface area (Å²) >= 11 is 0. The minimum atomic E-state index is -4.49. The van der Waals surface area contributed by atoms with Crippen LogP contribution < -0.4 is 20.5 Å². The standard InChI is InChI=1S/C17H15F3N2O4/c18-17(19,20)11-2-1-3-14(8-11)26-10-16(24)22-12-4-6-13(7-5-12)25-9-15(21)23/h1-8H,9-10H2,(H2,21,23)(H,22,24). The van der Waals surface area contributed by atoms with E-state index in [1.165, 1.54) is 36.4 Å². The van der Waals surface area contributed by atoms with Crippen molar-refractivity contribution < 1.29 is 32.2 Å². The maximum Gasteiger partial charge on any atom is 0.416 e. The number of anilines is 1. The maximum absolute atomic E-state index is 12.6. The van der Waals surface area contributed by atoms with Gasteiger partial charge in [0.1, 0.15) is 11.5 Å². The van der Waals surface area contributed by atoms with Gasteiger partial charge in [-0.05, 0) is 42.5 Å². The first-order chi connectivity index (χ1) is 12.2. The smallest absolute Gasteiger partial charge is 0.416 e. The molecule has 0 aliphatic rings. The van der Waals surface area contributed by atoms with Crippen molar-refractivity contribution in [2.75, 3.05) is 18.5 Å². The van der Waals surface area contributed by atoms with Gasteiger partial charge in [0.25, 0.3) is 11.8 Å². The molecular formula is C17H15F3N2O4. The molecule has 0 saturated carbocycles. The molecule has 3 N–H and O–H groups in total. The van der Waals surface area contributed by atoms with Gasteiger partial charge in [0, 0.05) is 5.69 Å². The summed E-state index contributed by atoms with van der Waals surface area (Å²) < 4.78 is 48.0. The summed E-state index contributed by atoms with van der Waals surface area (Å²) in [5, 5.41) is 2.52. The van der Waals surface area contributed by atoms with E-state index in [0.717, 1.165) is 12.1 Å². The predicted octanol–water partition coefficient (Wildman–Crippen LogP) is 2.59. The highest BCUT2D eigenvalue weighted by molar-refractivity contribution is 5.91. The Bertz CT molecular complexity index is 776. The van der Waals surface area contributed by atoms with Gasteiger partial charge in [-0.15, -0.1) is 0 Å². The molecule has 26 heavy (non-hydrogen) atoms. The molecule has 0 fully saturated rings. The molecule has 0 saturated heterocycles. The van der Waals surface area contributed by atoms with Crippen molar-refractivity contribution in [2.24, 2.45) is 5.73 Å². The van der Waals surface area contributed by atoms with Crippen LogP contribution in [0.2, 0.25) is 0 Å². The van der Waals surface area contributed by atoms with Crippen molar-refractivity contribution in [3.63, 3.8) is 0 Å². The SMILES string of the molecule is NC(=O)COc1ccc(NC(=O)COc2cccc(C(F)(F)F)c2)cc1. The van der Waals surface area contributed by atoms with Crippen LogP contribution in [0.3, 0.4) is 0 Å². The molecule has 0 radical (unpaired) electrons. The van der Waals surface area contributed by atoms with E-state index in [0.29, 0.717) is 11.4 Å². The van der Waals surface area contributed by atoms with Crippen LogP contribution in [0, 0.1) is 0 Å². The zero-order chi connectivity index (χ0) is 19.2. The van der Waals surface area contributed by atoms with E-state index in [4.69, 9.17) is 15.2 Å². The molecule has 0 heterocycles. The van der Waals surface area contributed by atoms with Crippen LogP contribution >= 0.6 is 0 Å². The van der Waals surface area contributed by atoms with Gasteiger partial charge in [0.2, 0.25) is 0 Å². The summed E-state index contributed by atoms with van der Waals surface area (Å²) in [6.45, 7) is -0.724. The van der Waals surface area contributed by atoms with Crippen LogP contribution in [0.25, 0.3) is 0 Å². The molecule has 2 amide bonds. The highest BCUT2D eigenvalue weighted by Gasteiger charge is 2.30. The highest BCUT2D eigenvalue weighted by atomic mass is 19.4. The molecule has 0 atom stereocenters. The lowest BCUT2D eigenvalue weighted by atomic mass is 10.2. The van der Waals surface area contributed by atoms with E-state index >= 15 is 0 Å². The third-order valence-electron chi connectivity index (χ3n) is 3.05. The van der Waals surface area contributed by atoms with Gasteiger partial charge in [-0.2, -0.15) is 13.2 Å². The molecule has 0 aliphatic carbocycles. The van der Waals surface area contributed by atoms with Crippen LogP contribution in [-0.4, -0.2) is 25.0 Å². The number of amides is 2. The van der Waals surface area contributed by atoms with E-state index in [9.17, 15) is 22.8 Å². The maximum atomic E-state index is 12.6. The molecular weight excluding hydrogens is 353 g/mol. The average Bonchev–Trinajstić information content (AvgIpc) is 2.59. The number of hydrogen-bond acceptors (Lipinski definition) is 4. The number of primary amides is 1. The van der Waals surface area contributed by atoms with Crippen molar-refractivity contribution >= 4 is 17.5 Å². The van der Waals surface area contributed by atoms with Crippen LogP contribution in [-0.2, 0) is 15.8 Å². The Morgan fingerprint density at radius 1 is 0.962 bits per heavy atom. The van der Waals surface area contributed by atoms with Gasteiger partial charge >= 0.3 is 6.18 Å². The first-order valence-electron chi connectivity index (χ1n) is 7.35. The number of hydrogen-bond donors (Lipinski definition) is 2. The quantitative estimate of drug-likeness (QED) is 0.786. The second-order valence-corrected chi connectivity index (χ2v) is 5.14. The van der Waals surface area contributed by atoms with Gasteiger partial charge in [-0.3, -0.25) is 9.59 Å². The Morgan fingerprint density at radius 3 is 2.23 bits per heavy atom. The molecule has 0 bridgehead atoms. The molecule has 0 aromatic heterocycles. The number of ether oxygens (including phenoxy) is 2. The first kappa shape index (κ1) is 19.1. The monoisotopic (exact) mass is 368 g/mol. The Kier molecular flexibility index (Phi) is 6.05. The van der Waals surface area contributed by atoms with Crippen molar-refractivity contribution in [3.05, 3.63) is 54.1 Å². The predicted molar refractivity (Wildman–Crippen MR) is 86.7 cm³/mol. The molecule has 6 nitrogen and oxygen atoms in total. The molecule has 2 rings (SSSR count). The Hall–Kier alpha value is -3.23. The molecule has 0 unspecified atom stereocenters. The molecule has 9 heteroatoms. The van der Waals surface area contributed by atoms with Crippen molar-refractivity contribution in [2.45, 2.75) is 6.18 Å². The molecule has 0 aliphatic heterocycles. The van der Waals surface area contributed by atoms with Crippen molar-refractivity contribution in [1.82, 2.24) is 0 Å². The third kappa shape index (κ3) is 6.00. The summed E-state index contributed by atoms with van der Waals surface area (Å²) in [6.07, 6.45) is -4.49. The van der Waals surface area contributed by atoms with Crippen LogP contribution in [0.4, 0.5) is 18.9 Å². The largest absolute Gasteiger partial charge is 0.484 e. The van der Waals surface area contributed by atoms with Gasteiger partial charge in [0.05, 0.1) is 5.56 Å². The second kappa shape index (κ2) is 8.24. The molecule has 2 aromatic carbocycles. The zero-order valence-electron chi connectivity index (χ0n) is 13.4. The van der Waals surface area contributed by atoms with Crippen LogP contribution in [0.1, 0.15) is 5.56 Å². The minimum Gasteiger partial charge on any atom is -0.484 e. The van der Waals surface area contributed by atoms with Gasteiger partial charge < -0.3 is 20.5 Å². The number of carbonyl (C=O) groups is 2. The van der Waals surface area contributed by atoms with Gasteiger partial charge in [0.15, 0.2) is 13.2 Å². The second-order valence-electron chi connectivity index (χ2n) is 5.14. The number of alkyl halides is 3. The Morgan fingerprint density at radius 2 is 1.62 bits per heavy atom. The summed E-state index contributed by atoms with van der Waals surface area (Å²) in [4.78, 5) is 22.4. The summed E-state index contributed by atoms with van der Waals surface area (Å²) in [5.41, 5.74) is 4.52. The first-order valence-corrected chi connectivity index (χ1v) is 7.35. The van der Waals surface area contributed by atoms with Gasteiger partial charge in [-0.25, -0.2) is 0 Å². The number of carbonyl (C=O) groups excluding carboxylic acids is 2. The Balaban J connectivity index is 1.86. The number of benzene rings is 2. The lowest BCUT2D eigenvalue weighted by Crippen LogP contribution is -2.20. The summed E-state index contributed by atoms with van der Waals surface area (Å²) in [6, 6.07) is 10.3. The van der Waals surface area contributed by atoms with Crippen LogP contribution in [0.5, 0.6) is 11.5 Å². The lowest BCUT2D eigenvalue weighted by molar-refractivity contribution is -0.137. The summed E-state index contributed by atoms with van der Waals surface area (Å²) in [7, 11) is 0. The fraction of sp³-hybridized carbons (Fsp3) is 0.176. The van der Waals surface area contributed by atoms with E-state index in [1.54, 1.807) is 0 Å². The topological polar surface area (TPSA) is 90.7 Å². The van der Waals surface area contributed by atoms with Crippen molar-refractivity contribution in [1.29, 1.82) is 0 Å². The summed E-state index contributed by atoms with van der Waals surface area (Å²) in [5.74, 6) is -0.838. The van der Waals surface area contributed by atoms with Crippen molar-refractivity contribution in [3.8, 4) is 11.5 Å². The fourth-order valence-electron chi connectivity index (χ4n) is 1.90. The van der Waals surface area contributed by atoms with Gasteiger partial charge in [-0.1, -0.05) is 6.07 Å². The van der Waals surface area contributed by atoms with E-state index in [1.807, 2.05) is 0 Å². The minimum absolute atomic E-state index is 0.0647. The number of nitrogens with two attached hydrogens (primary N) is 1. The number of rotatable bonds is 7. The van der Waals surface area contributed by atoms with Crippen LogP contribution in [0.15, 0.2) is 48.5 Å². The molecule has 138 valence electrons. The fourth-order valence-corrected chi connectivity index (χ4v) is 1.90. The van der Waals surface area contributed by atoms with E-state index < -0.39 is 30.2 Å². The third-order valence-corrected chi connectivity index (χ3v) is 3.05. The van der Waals surface area contributed by atoms with E-state index in [2.05, 4.69) is 5.32 Å². The number of nitrogens with one attached hydrogen (secondary N) is 1. The Labute approximate surface area is 146 Å². The zero-order valence-corrected chi connectivity index (χ0v) is 13.4. The lowest BCUT2D eigenvalue weighted by Gasteiger charge is -2.11. The number of halogens is 3. The molecule has 0 spiro atoms. The van der Waals surface area contributed by atoms with E-state index in [-0.39, 0.29) is 12.4 Å². The average molecular weight is 368 g/mol. The molecule has 2 aromatic rings. The highest BCUT2D eigenvalue weighted by Crippen LogP contribution is 2.31. The normalized spacial score (nSPS) is 10.9.